The van der Waals surface area contributed by atoms with Crippen LogP contribution in [0, 0.1) is 6.92 Å². The summed E-state index contributed by atoms with van der Waals surface area (Å²) in [6, 6.07) is 16.5. The van der Waals surface area contributed by atoms with Gasteiger partial charge in [-0.15, -0.1) is 0 Å². The molecule has 0 aromatic heterocycles. The summed E-state index contributed by atoms with van der Waals surface area (Å²) in [5, 5.41) is 0. The quantitative estimate of drug-likeness (QED) is 0.792. The Kier molecular flexibility index (Phi) is 5.64. The molecule has 0 atom stereocenters. The minimum absolute atomic E-state index is 0.513. The van der Waals surface area contributed by atoms with Gasteiger partial charge in [0.2, 0.25) is 0 Å². The van der Waals surface area contributed by atoms with Crippen LogP contribution in [-0.2, 0) is 6.54 Å². The fraction of sp³-hybridized carbons (Fsp3) is 0.333. The van der Waals surface area contributed by atoms with Crippen molar-refractivity contribution in [3.8, 4) is 5.75 Å². The van der Waals surface area contributed by atoms with Gasteiger partial charge in [-0.2, -0.15) is 0 Å². The lowest BCUT2D eigenvalue weighted by molar-refractivity contribution is 0.309. The molecule has 0 aliphatic heterocycles. The van der Waals surface area contributed by atoms with Crippen molar-refractivity contribution in [3.63, 3.8) is 0 Å². The lowest BCUT2D eigenvalue weighted by Crippen LogP contribution is -2.20. The van der Waals surface area contributed by atoms with Gasteiger partial charge in [0.15, 0.2) is 0 Å². The molecule has 2 N–H and O–H groups in total. The molecule has 2 rings (SSSR count). The summed E-state index contributed by atoms with van der Waals surface area (Å²) in [6.07, 6.45) is 0.976. The Bertz CT molecular complexity index is 569. The van der Waals surface area contributed by atoms with Gasteiger partial charge in [0.25, 0.3) is 0 Å². The highest BCUT2D eigenvalue weighted by Crippen LogP contribution is 2.18. The first-order valence-corrected chi connectivity index (χ1v) is 7.39. The van der Waals surface area contributed by atoms with Crippen molar-refractivity contribution in [1.82, 2.24) is 0 Å². The van der Waals surface area contributed by atoms with Gasteiger partial charge in [-0.25, -0.2) is 0 Å². The van der Waals surface area contributed by atoms with E-state index in [9.17, 15) is 0 Å². The number of hydrogen-bond donors (Lipinski definition) is 1. The predicted octanol–water partition coefficient (Wildman–Crippen LogP) is 3.36. The molecule has 0 unspecified atom stereocenters. The molecule has 0 bridgehead atoms. The Labute approximate surface area is 127 Å². The van der Waals surface area contributed by atoms with Gasteiger partial charge in [-0.3, -0.25) is 0 Å². The molecule has 0 fully saturated rings. The molecule has 0 spiro atoms. The van der Waals surface area contributed by atoms with Crippen molar-refractivity contribution in [3.05, 3.63) is 59.7 Å². The van der Waals surface area contributed by atoms with Crippen LogP contribution in [0.4, 0.5) is 5.69 Å². The fourth-order valence-corrected chi connectivity index (χ4v) is 2.29. The third-order valence-electron chi connectivity index (χ3n) is 3.53. The van der Waals surface area contributed by atoms with E-state index >= 15 is 0 Å². The normalized spacial score (nSPS) is 10.4. The van der Waals surface area contributed by atoms with Gasteiger partial charge >= 0.3 is 0 Å². The van der Waals surface area contributed by atoms with E-state index in [-0.39, 0.29) is 0 Å². The maximum atomic E-state index is 5.83. The smallest absolute Gasteiger partial charge is 0.123 e. The van der Waals surface area contributed by atoms with E-state index in [0.717, 1.165) is 24.3 Å². The lowest BCUT2D eigenvalue weighted by atomic mass is 10.2. The monoisotopic (exact) mass is 284 g/mol. The Morgan fingerprint density at radius 1 is 1.10 bits per heavy atom. The molecule has 0 saturated carbocycles. The second-order valence-corrected chi connectivity index (χ2v) is 5.27. The van der Waals surface area contributed by atoms with Crippen molar-refractivity contribution >= 4 is 5.69 Å². The number of rotatable bonds is 7. The largest absolute Gasteiger partial charge is 0.493 e. The Morgan fingerprint density at radius 2 is 1.90 bits per heavy atom. The van der Waals surface area contributed by atoms with Gasteiger partial charge in [0, 0.05) is 31.4 Å². The SMILES string of the molecule is Cc1cccc(N(C)CCCOc2ccccc2CN)c1. The molecule has 3 heteroatoms. The van der Waals surface area contributed by atoms with Gasteiger partial charge in [0.1, 0.15) is 5.75 Å². The van der Waals surface area contributed by atoms with Crippen LogP contribution in [0.15, 0.2) is 48.5 Å². The highest BCUT2D eigenvalue weighted by atomic mass is 16.5. The van der Waals surface area contributed by atoms with E-state index in [4.69, 9.17) is 10.5 Å². The van der Waals surface area contributed by atoms with Crippen molar-refractivity contribution < 1.29 is 4.74 Å². The second-order valence-electron chi connectivity index (χ2n) is 5.27. The van der Waals surface area contributed by atoms with Gasteiger partial charge in [0.05, 0.1) is 6.61 Å². The lowest BCUT2D eigenvalue weighted by Gasteiger charge is -2.20. The molecule has 2 aromatic rings. The van der Waals surface area contributed by atoms with Gasteiger partial charge in [-0.1, -0.05) is 30.3 Å². The third-order valence-corrected chi connectivity index (χ3v) is 3.53. The van der Waals surface area contributed by atoms with E-state index in [2.05, 4.69) is 43.1 Å². The number of anilines is 1. The van der Waals surface area contributed by atoms with Gasteiger partial charge in [-0.05, 0) is 37.1 Å². The van der Waals surface area contributed by atoms with E-state index in [1.165, 1.54) is 11.3 Å². The minimum atomic E-state index is 0.513. The molecule has 112 valence electrons. The molecule has 0 saturated heterocycles. The van der Waals surface area contributed by atoms with E-state index in [1.54, 1.807) is 0 Å². The van der Waals surface area contributed by atoms with Crippen LogP contribution in [0.1, 0.15) is 17.5 Å². The fourth-order valence-electron chi connectivity index (χ4n) is 2.29. The summed E-state index contributed by atoms with van der Waals surface area (Å²) < 4.78 is 5.83. The summed E-state index contributed by atoms with van der Waals surface area (Å²) in [4.78, 5) is 2.26. The zero-order valence-corrected chi connectivity index (χ0v) is 12.9. The molecule has 0 radical (unpaired) electrons. The summed E-state index contributed by atoms with van der Waals surface area (Å²) in [5.41, 5.74) is 9.30. The summed E-state index contributed by atoms with van der Waals surface area (Å²) in [5.74, 6) is 0.901. The predicted molar refractivity (Wildman–Crippen MR) is 88.9 cm³/mol. The molecule has 0 aliphatic carbocycles. The summed E-state index contributed by atoms with van der Waals surface area (Å²) >= 11 is 0. The standard InChI is InChI=1S/C18H24N2O/c1-15-7-5-9-17(13-15)20(2)11-6-12-21-18-10-4-3-8-16(18)14-19/h3-5,7-10,13H,6,11-12,14,19H2,1-2H3. The molecule has 0 aliphatic rings. The number of aryl methyl sites for hydroxylation is 1. The van der Waals surface area contributed by atoms with Crippen molar-refractivity contribution in [2.75, 3.05) is 25.1 Å². The summed E-state index contributed by atoms with van der Waals surface area (Å²) in [7, 11) is 2.11. The number of ether oxygens (including phenoxy) is 1. The molecular weight excluding hydrogens is 260 g/mol. The minimum Gasteiger partial charge on any atom is -0.493 e. The van der Waals surface area contributed by atoms with Crippen LogP contribution in [0.5, 0.6) is 5.75 Å². The average molecular weight is 284 g/mol. The molecular formula is C18H24N2O. The van der Waals surface area contributed by atoms with Crippen LogP contribution in [0.2, 0.25) is 0 Å². The van der Waals surface area contributed by atoms with Crippen molar-refractivity contribution in [2.24, 2.45) is 5.73 Å². The van der Waals surface area contributed by atoms with Crippen LogP contribution >= 0.6 is 0 Å². The number of nitrogens with zero attached hydrogens (tertiary/aromatic N) is 1. The highest BCUT2D eigenvalue weighted by Gasteiger charge is 2.03. The Balaban J connectivity index is 1.79. The molecule has 3 nitrogen and oxygen atoms in total. The number of hydrogen-bond acceptors (Lipinski definition) is 3. The maximum absolute atomic E-state index is 5.83. The van der Waals surface area contributed by atoms with E-state index in [0.29, 0.717) is 13.2 Å². The first-order valence-electron chi connectivity index (χ1n) is 7.39. The van der Waals surface area contributed by atoms with Crippen LogP contribution < -0.4 is 15.4 Å². The second kappa shape index (κ2) is 7.70. The van der Waals surface area contributed by atoms with E-state index < -0.39 is 0 Å². The molecule has 0 heterocycles. The Hall–Kier alpha value is -2.00. The van der Waals surface area contributed by atoms with Gasteiger partial charge < -0.3 is 15.4 Å². The number of nitrogens with two attached hydrogens (primary N) is 1. The zero-order chi connectivity index (χ0) is 15.1. The first kappa shape index (κ1) is 15.4. The topological polar surface area (TPSA) is 38.5 Å². The third kappa shape index (κ3) is 4.50. The maximum Gasteiger partial charge on any atom is 0.123 e. The average Bonchev–Trinajstić information content (AvgIpc) is 2.51. The molecule has 21 heavy (non-hydrogen) atoms. The van der Waals surface area contributed by atoms with Crippen LogP contribution in [0.25, 0.3) is 0 Å². The van der Waals surface area contributed by atoms with Crippen molar-refractivity contribution in [1.29, 1.82) is 0 Å². The van der Waals surface area contributed by atoms with E-state index in [1.807, 2.05) is 24.3 Å². The first-order chi connectivity index (χ1) is 10.2. The van der Waals surface area contributed by atoms with Crippen molar-refractivity contribution in [2.45, 2.75) is 19.9 Å². The molecule has 0 amide bonds. The van der Waals surface area contributed by atoms with Crippen LogP contribution in [-0.4, -0.2) is 20.2 Å². The number of benzene rings is 2. The number of para-hydroxylation sites is 1. The van der Waals surface area contributed by atoms with Crippen LogP contribution in [0.3, 0.4) is 0 Å². The molecule has 2 aromatic carbocycles. The zero-order valence-electron chi connectivity index (χ0n) is 12.9. The Morgan fingerprint density at radius 3 is 2.67 bits per heavy atom. The highest BCUT2D eigenvalue weighted by molar-refractivity contribution is 5.47. The summed E-state index contributed by atoms with van der Waals surface area (Å²) in [6.45, 7) is 4.30.